The molecule has 4 heteroatoms. The first-order chi connectivity index (χ1) is 9.90. The highest BCUT2D eigenvalue weighted by molar-refractivity contribution is 5.92. The summed E-state index contributed by atoms with van der Waals surface area (Å²) in [6, 6.07) is 13.5. The second kappa shape index (κ2) is 6.06. The van der Waals surface area contributed by atoms with Gasteiger partial charge in [-0.2, -0.15) is 0 Å². The Kier molecular flexibility index (Phi) is 4.38. The molecular weight excluding hydrogens is 269 g/mol. The highest BCUT2D eigenvalue weighted by Gasteiger charge is 2.26. The maximum Gasteiger partial charge on any atom is 0.227 e. The van der Waals surface area contributed by atoms with Crippen molar-refractivity contribution in [3.63, 3.8) is 0 Å². The first-order valence-electron chi connectivity index (χ1n) is 6.73. The van der Waals surface area contributed by atoms with E-state index >= 15 is 0 Å². The Bertz CT molecular complexity index is 638. The van der Waals surface area contributed by atoms with E-state index in [1.54, 1.807) is 44.2 Å². The van der Waals surface area contributed by atoms with Crippen LogP contribution in [0.2, 0.25) is 0 Å². The lowest BCUT2D eigenvalue weighted by atomic mass is 9.92. The Morgan fingerprint density at radius 3 is 2.52 bits per heavy atom. The number of benzene rings is 2. The average molecular weight is 287 g/mol. The number of anilines is 1. The molecule has 1 unspecified atom stereocenters. The lowest BCUT2D eigenvalue weighted by Crippen LogP contribution is -2.28. The summed E-state index contributed by atoms with van der Waals surface area (Å²) in [7, 11) is 0. The van der Waals surface area contributed by atoms with Gasteiger partial charge in [0.2, 0.25) is 5.91 Å². The third kappa shape index (κ3) is 3.67. The lowest BCUT2D eigenvalue weighted by Gasteiger charge is -2.23. The number of carbonyl (C=O) groups excluding carboxylic acids is 1. The first-order valence-corrected chi connectivity index (χ1v) is 6.73. The van der Waals surface area contributed by atoms with E-state index in [0.717, 1.165) is 0 Å². The van der Waals surface area contributed by atoms with Gasteiger partial charge in [0.15, 0.2) is 0 Å². The molecule has 0 saturated carbocycles. The average Bonchev–Trinajstić information content (AvgIpc) is 2.44. The van der Waals surface area contributed by atoms with Crippen molar-refractivity contribution in [3.05, 3.63) is 65.5 Å². The molecule has 0 aromatic heterocycles. The van der Waals surface area contributed by atoms with Crippen molar-refractivity contribution in [2.75, 3.05) is 5.32 Å². The minimum atomic E-state index is -1.27. The minimum Gasteiger partial charge on any atom is -0.385 e. The molecule has 0 saturated heterocycles. The third-order valence-corrected chi connectivity index (χ3v) is 3.44. The standard InChI is InChI=1S/C17H18FNO2/c1-12-14(18)9-6-10-15(12)19-16(20)11-17(2,21)13-7-4-3-5-8-13/h3-10,21H,11H2,1-2H3,(H,19,20). The molecule has 1 atom stereocenters. The smallest absolute Gasteiger partial charge is 0.227 e. The van der Waals surface area contributed by atoms with Gasteiger partial charge in [-0.25, -0.2) is 4.39 Å². The molecule has 0 aliphatic heterocycles. The number of rotatable bonds is 4. The second-order valence-electron chi connectivity index (χ2n) is 5.28. The van der Waals surface area contributed by atoms with Crippen molar-refractivity contribution in [3.8, 4) is 0 Å². The molecule has 0 aliphatic carbocycles. The number of carbonyl (C=O) groups is 1. The molecule has 0 bridgehead atoms. The molecule has 2 N–H and O–H groups in total. The Morgan fingerprint density at radius 2 is 1.86 bits per heavy atom. The van der Waals surface area contributed by atoms with Crippen molar-refractivity contribution in [2.24, 2.45) is 0 Å². The molecule has 2 aromatic carbocycles. The fourth-order valence-electron chi connectivity index (χ4n) is 2.15. The van der Waals surface area contributed by atoms with Crippen molar-refractivity contribution in [1.29, 1.82) is 0 Å². The van der Waals surface area contributed by atoms with E-state index in [0.29, 0.717) is 16.8 Å². The van der Waals surface area contributed by atoms with Crippen LogP contribution in [0.3, 0.4) is 0 Å². The van der Waals surface area contributed by atoms with E-state index < -0.39 is 5.60 Å². The van der Waals surface area contributed by atoms with E-state index in [4.69, 9.17) is 0 Å². The zero-order chi connectivity index (χ0) is 15.5. The van der Waals surface area contributed by atoms with Crippen LogP contribution in [0.4, 0.5) is 10.1 Å². The van der Waals surface area contributed by atoms with Gasteiger partial charge in [-0.3, -0.25) is 4.79 Å². The molecule has 0 radical (unpaired) electrons. The van der Waals surface area contributed by atoms with Crippen LogP contribution in [-0.2, 0) is 10.4 Å². The normalized spacial score (nSPS) is 13.5. The first kappa shape index (κ1) is 15.2. The van der Waals surface area contributed by atoms with Crippen LogP contribution >= 0.6 is 0 Å². The number of hydrogen-bond donors (Lipinski definition) is 2. The van der Waals surface area contributed by atoms with Gasteiger partial charge in [0.05, 0.1) is 12.0 Å². The molecule has 3 nitrogen and oxygen atoms in total. The molecule has 1 amide bonds. The molecule has 0 heterocycles. The van der Waals surface area contributed by atoms with Gasteiger partial charge in [-0.05, 0) is 31.5 Å². The van der Waals surface area contributed by atoms with Gasteiger partial charge in [0.25, 0.3) is 0 Å². The highest BCUT2D eigenvalue weighted by Crippen LogP contribution is 2.25. The van der Waals surface area contributed by atoms with Crippen LogP contribution in [0.1, 0.15) is 24.5 Å². The largest absolute Gasteiger partial charge is 0.385 e. The molecular formula is C17H18FNO2. The minimum absolute atomic E-state index is 0.104. The number of amides is 1. The highest BCUT2D eigenvalue weighted by atomic mass is 19.1. The van der Waals surface area contributed by atoms with Crippen molar-refractivity contribution in [1.82, 2.24) is 0 Å². The van der Waals surface area contributed by atoms with Crippen molar-refractivity contribution in [2.45, 2.75) is 25.9 Å². The topological polar surface area (TPSA) is 49.3 Å². The van der Waals surface area contributed by atoms with Gasteiger partial charge in [0.1, 0.15) is 5.82 Å². The predicted molar refractivity (Wildman–Crippen MR) is 80.4 cm³/mol. The van der Waals surface area contributed by atoms with Crippen molar-refractivity contribution < 1.29 is 14.3 Å². The van der Waals surface area contributed by atoms with Crippen LogP contribution in [0, 0.1) is 12.7 Å². The molecule has 110 valence electrons. The summed E-state index contributed by atoms with van der Waals surface area (Å²) in [6.45, 7) is 3.18. The summed E-state index contributed by atoms with van der Waals surface area (Å²) in [5.74, 6) is -0.736. The van der Waals surface area contributed by atoms with E-state index in [-0.39, 0.29) is 18.1 Å². The fraction of sp³-hybridized carbons (Fsp3) is 0.235. The van der Waals surface area contributed by atoms with Crippen LogP contribution < -0.4 is 5.32 Å². The summed E-state index contributed by atoms with van der Waals surface area (Å²) >= 11 is 0. The molecule has 2 rings (SSSR count). The van der Waals surface area contributed by atoms with Crippen LogP contribution in [0.25, 0.3) is 0 Å². The Morgan fingerprint density at radius 1 is 1.19 bits per heavy atom. The molecule has 0 fully saturated rings. The number of hydrogen-bond acceptors (Lipinski definition) is 2. The molecule has 0 spiro atoms. The van der Waals surface area contributed by atoms with Crippen LogP contribution in [-0.4, -0.2) is 11.0 Å². The number of halogens is 1. The molecule has 2 aromatic rings. The quantitative estimate of drug-likeness (QED) is 0.905. The SMILES string of the molecule is Cc1c(F)cccc1NC(=O)CC(C)(O)c1ccccc1. The van der Waals surface area contributed by atoms with E-state index in [1.165, 1.54) is 12.1 Å². The van der Waals surface area contributed by atoms with E-state index in [1.807, 2.05) is 6.07 Å². The maximum atomic E-state index is 13.4. The van der Waals surface area contributed by atoms with E-state index in [2.05, 4.69) is 5.32 Å². The zero-order valence-electron chi connectivity index (χ0n) is 12.1. The molecule has 21 heavy (non-hydrogen) atoms. The second-order valence-corrected chi connectivity index (χ2v) is 5.28. The van der Waals surface area contributed by atoms with Crippen molar-refractivity contribution >= 4 is 11.6 Å². The van der Waals surface area contributed by atoms with Gasteiger partial charge in [0, 0.05) is 11.3 Å². The zero-order valence-corrected chi connectivity index (χ0v) is 12.1. The Hall–Kier alpha value is -2.20. The monoisotopic (exact) mass is 287 g/mol. The number of nitrogens with one attached hydrogen (secondary N) is 1. The van der Waals surface area contributed by atoms with Gasteiger partial charge < -0.3 is 10.4 Å². The number of aliphatic hydroxyl groups is 1. The summed E-state index contributed by atoms with van der Waals surface area (Å²) in [4.78, 5) is 12.1. The maximum absolute atomic E-state index is 13.4. The van der Waals surface area contributed by atoms with Crippen LogP contribution in [0.15, 0.2) is 48.5 Å². The predicted octanol–water partition coefficient (Wildman–Crippen LogP) is 3.37. The summed E-state index contributed by atoms with van der Waals surface area (Å²) in [5.41, 5.74) is 0.192. The van der Waals surface area contributed by atoms with Gasteiger partial charge in [-0.1, -0.05) is 36.4 Å². The van der Waals surface area contributed by atoms with Crippen LogP contribution in [0.5, 0.6) is 0 Å². The molecule has 0 aliphatic rings. The third-order valence-electron chi connectivity index (χ3n) is 3.44. The van der Waals surface area contributed by atoms with E-state index in [9.17, 15) is 14.3 Å². The Labute approximate surface area is 123 Å². The van der Waals surface area contributed by atoms with Gasteiger partial charge in [-0.15, -0.1) is 0 Å². The van der Waals surface area contributed by atoms with Gasteiger partial charge >= 0.3 is 0 Å². The summed E-state index contributed by atoms with van der Waals surface area (Å²) in [5, 5.41) is 13.1. The Balaban J connectivity index is 2.10. The summed E-state index contributed by atoms with van der Waals surface area (Å²) in [6.07, 6.45) is -0.104. The lowest BCUT2D eigenvalue weighted by molar-refractivity contribution is -0.120. The summed E-state index contributed by atoms with van der Waals surface area (Å²) < 4.78 is 13.4. The fourth-order valence-corrected chi connectivity index (χ4v) is 2.15.